The van der Waals surface area contributed by atoms with Gasteiger partial charge in [-0.15, -0.1) is 5.06 Å². The Labute approximate surface area is 333 Å². The van der Waals surface area contributed by atoms with Crippen LogP contribution >= 0.6 is 0 Å². The van der Waals surface area contributed by atoms with Gasteiger partial charge in [-0.1, -0.05) is 49.8 Å². The smallest absolute Gasteiger partial charge is 0.333 e. The van der Waals surface area contributed by atoms with E-state index in [1.165, 1.54) is 35.4 Å². The van der Waals surface area contributed by atoms with Gasteiger partial charge in [-0.3, -0.25) is 24.3 Å². The first-order chi connectivity index (χ1) is 26.9. The summed E-state index contributed by atoms with van der Waals surface area (Å²) in [4.78, 5) is 53.9. The highest BCUT2D eigenvalue weighted by Gasteiger charge is 2.45. The van der Waals surface area contributed by atoms with Gasteiger partial charge >= 0.3 is 5.97 Å². The van der Waals surface area contributed by atoms with Crippen LogP contribution in [0.15, 0.2) is 89.5 Å². The summed E-state index contributed by atoms with van der Waals surface area (Å²) >= 11 is 0. The van der Waals surface area contributed by atoms with E-state index in [0.717, 1.165) is 53.3 Å². The van der Waals surface area contributed by atoms with E-state index in [1.54, 1.807) is 6.07 Å². The van der Waals surface area contributed by atoms with Gasteiger partial charge < -0.3 is 9.74 Å². The van der Waals surface area contributed by atoms with Crippen LogP contribution in [0.3, 0.4) is 0 Å². The quantitative estimate of drug-likeness (QED) is 0.0405. The molecule has 0 bridgehead atoms. The fraction of sp³-hybridized carbons (Fsp3) is 0.395. The summed E-state index contributed by atoms with van der Waals surface area (Å²) in [7, 11) is -4.44. The lowest BCUT2D eigenvalue weighted by atomic mass is 9.81. The molecule has 0 radical (unpaired) electrons. The number of nitrogens with zero attached hydrogens (tertiary/aromatic N) is 4. The van der Waals surface area contributed by atoms with Gasteiger partial charge in [-0.2, -0.15) is 13.0 Å². The highest BCUT2D eigenvalue weighted by atomic mass is 32.2. The molecule has 300 valence electrons. The van der Waals surface area contributed by atoms with Crippen molar-refractivity contribution in [2.24, 2.45) is 0 Å². The first-order valence-corrected chi connectivity index (χ1v) is 20.7. The molecule has 0 aromatic heterocycles. The zero-order valence-corrected chi connectivity index (χ0v) is 33.8. The standard InChI is InChI=1S/C43H48N4O9S/c1-29-15-21-35-33(27-29)42(2,3)37(45(35)26-10-11-30-16-18-31(19-17-30)47(51)52)12-9-13-38-43(4,5)34-28-32(57(53,54)55)20-22-36(34)44(38)25-8-6-7-14-41(50)56-46-39(48)23-24-40(46)49/h9,12-13,15-22,27-28H,6-8,10-11,14,23-26H2,1-5H3/p+1. The number of hydrogen-bond acceptors (Lipinski definition) is 9. The number of anilines is 1. The Hall–Kier alpha value is -5.47. The third-order valence-corrected chi connectivity index (χ3v) is 12.0. The van der Waals surface area contributed by atoms with Gasteiger partial charge in [0.25, 0.3) is 27.6 Å². The number of nitro groups is 1. The van der Waals surface area contributed by atoms with Crippen molar-refractivity contribution in [3.05, 3.63) is 117 Å². The number of hydrogen-bond donors (Lipinski definition) is 1. The van der Waals surface area contributed by atoms with E-state index in [4.69, 9.17) is 4.84 Å². The summed E-state index contributed by atoms with van der Waals surface area (Å²) in [6.07, 6.45) is 9.71. The molecule has 0 spiro atoms. The summed E-state index contributed by atoms with van der Waals surface area (Å²) in [6, 6.07) is 17.8. The molecule has 14 heteroatoms. The molecule has 3 heterocycles. The fourth-order valence-corrected chi connectivity index (χ4v) is 8.57. The molecule has 3 aliphatic rings. The number of nitro benzene ring substituents is 1. The van der Waals surface area contributed by atoms with Crippen molar-refractivity contribution < 1.29 is 41.7 Å². The number of carbonyl (C=O) groups is 3. The molecule has 3 aromatic rings. The van der Waals surface area contributed by atoms with Crippen molar-refractivity contribution in [2.45, 2.75) is 102 Å². The van der Waals surface area contributed by atoms with Gasteiger partial charge in [0.1, 0.15) is 6.54 Å². The fourth-order valence-electron chi connectivity index (χ4n) is 8.06. The minimum atomic E-state index is -4.44. The summed E-state index contributed by atoms with van der Waals surface area (Å²) in [6.45, 7) is 11.8. The maximum atomic E-state index is 12.4. The number of rotatable bonds is 15. The van der Waals surface area contributed by atoms with E-state index in [0.29, 0.717) is 30.9 Å². The Morgan fingerprint density at radius 1 is 0.930 bits per heavy atom. The molecule has 1 N–H and O–H groups in total. The Kier molecular flexibility index (Phi) is 11.7. The van der Waals surface area contributed by atoms with Gasteiger partial charge in [0.15, 0.2) is 5.71 Å². The number of allylic oxidation sites excluding steroid dienone is 4. The Balaban J connectivity index is 1.24. The third-order valence-electron chi connectivity index (χ3n) is 11.2. The van der Waals surface area contributed by atoms with Crippen molar-refractivity contribution in [2.75, 3.05) is 18.0 Å². The number of carbonyl (C=O) groups excluding carboxylic acids is 3. The minimum absolute atomic E-state index is 0.0331. The Morgan fingerprint density at radius 3 is 2.30 bits per heavy atom. The lowest BCUT2D eigenvalue weighted by Crippen LogP contribution is -2.31. The topological polar surface area (TPSA) is 167 Å². The van der Waals surface area contributed by atoms with Crippen LogP contribution in [0, 0.1) is 17.0 Å². The number of unbranched alkanes of at least 4 members (excludes halogenated alkanes) is 2. The van der Waals surface area contributed by atoms with Crippen LogP contribution < -0.4 is 4.90 Å². The summed E-state index contributed by atoms with van der Waals surface area (Å²) in [5.74, 6) is -1.67. The second-order valence-corrected chi connectivity index (χ2v) is 17.3. The second kappa shape index (κ2) is 16.2. The number of imide groups is 1. The van der Waals surface area contributed by atoms with Gasteiger partial charge in [-0.25, -0.2) is 4.79 Å². The minimum Gasteiger partial charge on any atom is -0.344 e. The number of hydroxylamine groups is 2. The lowest BCUT2D eigenvalue weighted by molar-refractivity contribution is -0.438. The zero-order valence-electron chi connectivity index (χ0n) is 33.0. The van der Waals surface area contributed by atoms with E-state index < -0.39 is 38.2 Å². The number of amides is 2. The molecule has 3 aromatic carbocycles. The molecule has 2 amide bonds. The van der Waals surface area contributed by atoms with E-state index in [-0.39, 0.29) is 35.3 Å². The monoisotopic (exact) mass is 797 g/mol. The molecule has 0 atom stereocenters. The average molecular weight is 798 g/mol. The van der Waals surface area contributed by atoms with Crippen LogP contribution in [-0.2, 0) is 46.6 Å². The normalized spacial score (nSPS) is 17.9. The van der Waals surface area contributed by atoms with Crippen molar-refractivity contribution in [1.29, 1.82) is 0 Å². The van der Waals surface area contributed by atoms with Crippen LogP contribution in [0.2, 0.25) is 0 Å². The molecule has 3 aliphatic heterocycles. The highest BCUT2D eigenvalue weighted by molar-refractivity contribution is 7.85. The molecular formula is C43H49N4O9S+. The molecule has 0 unspecified atom stereocenters. The Morgan fingerprint density at radius 2 is 1.63 bits per heavy atom. The SMILES string of the molecule is Cc1ccc2c(c1)C(C)(C)C(=CC=CC1=[N+](CCCCCC(=O)ON3C(=O)CCC3=O)c3ccc(S(=O)(=O)O)cc3C1(C)C)N2CCCc1ccc([N+](=O)[O-])cc1. The van der Waals surface area contributed by atoms with Crippen LogP contribution in [0.4, 0.5) is 17.1 Å². The summed E-state index contributed by atoms with van der Waals surface area (Å²) in [5.41, 5.74) is 7.28. The van der Waals surface area contributed by atoms with Crippen LogP contribution in [0.1, 0.15) is 94.9 Å². The van der Waals surface area contributed by atoms with E-state index in [9.17, 15) is 37.5 Å². The van der Waals surface area contributed by atoms with E-state index in [2.05, 4.69) is 60.6 Å². The maximum absolute atomic E-state index is 12.4. The van der Waals surface area contributed by atoms with Gasteiger partial charge in [0.2, 0.25) is 5.69 Å². The molecule has 57 heavy (non-hydrogen) atoms. The average Bonchev–Trinajstić information content (AvgIpc) is 3.66. The number of aryl methyl sites for hydroxylation is 2. The largest absolute Gasteiger partial charge is 0.344 e. The van der Waals surface area contributed by atoms with E-state index >= 15 is 0 Å². The first-order valence-electron chi connectivity index (χ1n) is 19.2. The number of fused-ring (bicyclic) bond motifs is 2. The predicted molar refractivity (Wildman–Crippen MR) is 215 cm³/mol. The zero-order chi connectivity index (χ0) is 41.3. The second-order valence-electron chi connectivity index (χ2n) is 15.9. The summed E-state index contributed by atoms with van der Waals surface area (Å²) in [5, 5.41) is 11.7. The van der Waals surface area contributed by atoms with Crippen molar-refractivity contribution in [1.82, 2.24) is 5.06 Å². The molecule has 0 aliphatic carbocycles. The van der Waals surface area contributed by atoms with Crippen LogP contribution in [-0.4, -0.2) is 64.1 Å². The van der Waals surface area contributed by atoms with Gasteiger partial charge in [-0.05, 0) is 81.9 Å². The molecule has 13 nitrogen and oxygen atoms in total. The van der Waals surface area contributed by atoms with Crippen LogP contribution in [0.5, 0.6) is 0 Å². The van der Waals surface area contributed by atoms with E-state index in [1.807, 2.05) is 32.1 Å². The van der Waals surface area contributed by atoms with Crippen molar-refractivity contribution in [3.63, 3.8) is 0 Å². The lowest BCUT2D eigenvalue weighted by Gasteiger charge is -2.27. The third kappa shape index (κ3) is 8.62. The molecule has 1 saturated heterocycles. The predicted octanol–water partition coefficient (Wildman–Crippen LogP) is 7.56. The highest BCUT2D eigenvalue weighted by Crippen LogP contribution is 2.48. The molecule has 1 fully saturated rings. The van der Waals surface area contributed by atoms with Gasteiger partial charge in [0.05, 0.1) is 15.2 Å². The van der Waals surface area contributed by atoms with Gasteiger partial charge in [0, 0.05) is 78.9 Å². The Bertz CT molecular complexity index is 2310. The molecular weight excluding hydrogens is 749 g/mol. The number of non-ortho nitro benzene ring substituents is 1. The number of benzene rings is 3. The van der Waals surface area contributed by atoms with Crippen LogP contribution in [0.25, 0.3) is 0 Å². The van der Waals surface area contributed by atoms with Crippen molar-refractivity contribution in [3.8, 4) is 0 Å². The molecule has 6 rings (SSSR count). The first kappa shape index (κ1) is 41.2. The maximum Gasteiger partial charge on any atom is 0.333 e. The molecule has 0 saturated carbocycles. The van der Waals surface area contributed by atoms with Crippen molar-refractivity contribution >= 4 is 50.7 Å². The summed E-state index contributed by atoms with van der Waals surface area (Å²) < 4.78 is 36.4.